The van der Waals surface area contributed by atoms with E-state index in [1.165, 1.54) is 16.7 Å². The van der Waals surface area contributed by atoms with Gasteiger partial charge in [-0.15, -0.1) is 0 Å². The topological polar surface area (TPSA) is 90.0 Å². The lowest BCUT2D eigenvalue weighted by molar-refractivity contribution is -0.137. The highest BCUT2D eigenvalue weighted by Gasteiger charge is 2.30. The number of carbonyl (C=O) groups is 1. The molecule has 180 valence electrons. The summed E-state index contributed by atoms with van der Waals surface area (Å²) in [5, 5.41) is 6.80. The van der Waals surface area contributed by atoms with Gasteiger partial charge in [0, 0.05) is 22.0 Å². The third-order valence-corrected chi connectivity index (χ3v) is 5.44. The van der Waals surface area contributed by atoms with Crippen LogP contribution in [0.2, 0.25) is 5.02 Å². The number of pyridine rings is 1. The van der Waals surface area contributed by atoms with Crippen molar-refractivity contribution in [2.75, 3.05) is 5.32 Å². The lowest BCUT2D eigenvalue weighted by Gasteiger charge is -2.14. The number of hydrogen-bond donors (Lipinski definition) is 1. The van der Waals surface area contributed by atoms with Crippen molar-refractivity contribution < 1.29 is 22.5 Å². The van der Waals surface area contributed by atoms with Crippen molar-refractivity contribution in [3.63, 3.8) is 0 Å². The first-order valence-corrected chi connectivity index (χ1v) is 10.7. The quantitative estimate of drug-likeness (QED) is 0.389. The number of hydrogen-bond acceptors (Lipinski definition) is 5. The fourth-order valence-electron chi connectivity index (χ4n) is 3.57. The number of benzene rings is 2. The van der Waals surface area contributed by atoms with Crippen molar-refractivity contribution in [3.8, 4) is 22.8 Å². The summed E-state index contributed by atoms with van der Waals surface area (Å²) in [6, 6.07) is 12.7. The normalized spacial score (nSPS) is 11.5. The second-order valence-electron chi connectivity index (χ2n) is 7.80. The average Bonchev–Trinajstić information content (AvgIpc) is 3.26. The molecule has 0 unspecified atom stereocenters. The molecular formula is C24H18ClF3N4O3. The van der Waals surface area contributed by atoms with Crippen molar-refractivity contribution >= 4 is 23.2 Å². The van der Waals surface area contributed by atoms with Crippen LogP contribution in [0, 0.1) is 13.8 Å². The van der Waals surface area contributed by atoms with E-state index in [0.717, 1.165) is 12.1 Å². The second-order valence-corrected chi connectivity index (χ2v) is 8.23. The molecule has 1 N–H and O–H groups in total. The second kappa shape index (κ2) is 9.38. The molecule has 0 radical (unpaired) electrons. The number of aryl methyl sites for hydroxylation is 2. The Morgan fingerprint density at radius 3 is 2.57 bits per heavy atom. The fourth-order valence-corrected chi connectivity index (χ4v) is 3.76. The summed E-state index contributed by atoms with van der Waals surface area (Å²) in [6.07, 6.45) is -4.55. The van der Waals surface area contributed by atoms with E-state index in [9.17, 15) is 22.8 Å². The van der Waals surface area contributed by atoms with Crippen molar-refractivity contribution in [2.24, 2.45) is 0 Å². The van der Waals surface area contributed by atoms with Crippen LogP contribution in [0.3, 0.4) is 0 Å². The van der Waals surface area contributed by atoms with E-state index in [-0.39, 0.29) is 23.0 Å². The van der Waals surface area contributed by atoms with Gasteiger partial charge < -0.3 is 14.4 Å². The monoisotopic (exact) mass is 502 g/mol. The number of nitrogens with zero attached hydrogens (tertiary/aromatic N) is 3. The van der Waals surface area contributed by atoms with Gasteiger partial charge >= 0.3 is 6.18 Å². The largest absolute Gasteiger partial charge is 0.416 e. The third kappa shape index (κ3) is 5.27. The lowest BCUT2D eigenvalue weighted by atomic mass is 10.1. The molecule has 4 aromatic rings. The number of alkyl halides is 3. The molecule has 2 aromatic heterocycles. The maximum atomic E-state index is 13.3. The Labute approximate surface area is 202 Å². The predicted molar refractivity (Wildman–Crippen MR) is 124 cm³/mol. The Bertz CT molecular complexity index is 1480. The number of rotatable bonds is 5. The predicted octanol–water partition coefficient (Wildman–Crippen LogP) is 5.49. The van der Waals surface area contributed by atoms with Gasteiger partial charge in [0.15, 0.2) is 0 Å². The van der Waals surface area contributed by atoms with Gasteiger partial charge in [0.2, 0.25) is 11.7 Å². The van der Waals surface area contributed by atoms with Crippen LogP contribution < -0.4 is 10.9 Å². The maximum absolute atomic E-state index is 13.3. The average molecular weight is 503 g/mol. The highest BCUT2D eigenvalue weighted by Crippen LogP contribution is 2.30. The summed E-state index contributed by atoms with van der Waals surface area (Å²) in [5.41, 5.74) is 0.261. The van der Waals surface area contributed by atoms with Gasteiger partial charge in [0.05, 0.1) is 5.56 Å². The molecule has 0 bridgehead atoms. The Morgan fingerprint density at radius 2 is 1.86 bits per heavy atom. The molecule has 2 heterocycles. The minimum absolute atomic E-state index is 0.0329. The van der Waals surface area contributed by atoms with Gasteiger partial charge in [-0.2, -0.15) is 18.2 Å². The van der Waals surface area contributed by atoms with Crippen LogP contribution in [-0.2, 0) is 17.5 Å². The summed E-state index contributed by atoms with van der Waals surface area (Å²) in [7, 11) is 0. The number of nitrogens with one attached hydrogen (secondary N) is 1. The Balaban J connectivity index is 1.62. The van der Waals surface area contributed by atoms with Crippen LogP contribution >= 0.6 is 11.6 Å². The van der Waals surface area contributed by atoms with Crippen LogP contribution in [-0.4, -0.2) is 20.6 Å². The zero-order valence-corrected chi connectivity index (χ0v) is 19.2. The number of anilines is 1. The van der Waals surface area contributed by atoms with Crippen molar-refractivity contribution in [3.05, 3.63) is 86.8 Å². The van der Waals surface area contributed by atoms with E-state index in [1.807, 2.05) is 0 Å². The molecule has 0 spiro atoms. The van der Waals surface area contributed by atoms with Crippen molar-refractivity contribution in [1.29, 1.82) is 0 Å². The standard InChI is InChI=1S/C24H18ClF3N4O3/c1-13-9-14(2)32(12-19(33)29-18-8-4-6-16(11-18)24(26,27)28)23(34)20(13)22-30-21(31-35-22)15-5-3-7-17(25)10-15/h3-11H,12H2,1-2H3,(H,29,33). The smallest absolute Gasteiger partial charge is 0.333 e. The molecule has 0 aliphatic heterocycles. The highest BCUT2D eigenvalue weighted by molar-refractivity contribution is 6.30. The number of carbonyl (C=O) groups excluding carboxylic acids is 1. The van der Waals surface area contributed by atoms with Gasteiger partial charge in [-0.05, 0) is 55.8 Å². The molecular weight excluding hydrogens is 485 g/mol. The molecule has 35 heavy (non-hydrogen) atoms. The first-order valence-electron chi connectivity index (χ1n) is 10.3. The van der Waals surface area contributed by atoms with E-state index in [1.54, 1.807) is 44.2 Å². The summed E-state index contributed by atoms with van der Waals surface area (Å²) < 4.78 is 45.4. The summed E-state index contributed by atoms with van der Waals surface area (Å²) in [6.45, 7) is 2.91. The Hall–Kier alpha value is -3.92. The van der Waals surface area contributed by atoms with Crippen LogP contribution in [0.25, 0.3) is 22.8 Å². The Kier molecular flexibility index (Phi) is 6.49. The molecule has 1 amide bonds. The molecule has 0 saturated carbocycles. The molecule has 0 aliphatic rings. The van der Waals surface area contributed by atoms with E-state index in [2.05, 4.69) is 15.5 Å². The first kappa shape index (κ1) is 24.2. The third-order valence-electron chi connectivity index (χ3n) is 5.20. The van der Waals surface area contributed by atoms with Gasteiger partial charge in [-0.25, -0.2) is 0 Å². The first-order chi connectivity index (χ1) is 16.5. The fraction of sp³-hybridized carbons (Fsp3) is 0.167. The highest BCUT2D eigenvalue weighted by atomic mass is 35.5. The van der Waals surface area contributed by atoms with Crippen molar-refractivity contribution in [1.82, 2.24) is 14.7 Å². The van der Waals surface area contributed by atoms with Gasteiger partial charge in [0.25, 0.3) is 11.4 Å². The zero-order valence-electron chi connectivity index (χ0n) is 18.5. The summed E-state index contributed by atoms with van der Waals surface area (Å²) >= 11 is 6.01. The summed E-state index contributed by atoms with van der Waals surface area (Å²) in [4.78, 5) is 30.2. The zero-order chi connectivity index (χ0) is 25.3. The SMILES string of the molecule is Cc1cc(C)n(CC(=O)Nc2cccc(C(F)(F)F)c2)c(=O)c1-c1nc(-c2cccc(Cl)c2)no1. The molecule has 0 saturated heterocycles. The lowest BCUT2D eigenvalue weighted by Crippen LogP contribution is -2.30. The van der Waals surface area contributed by atoms with E-state index in [4.69, 9.17) is 16.1 Å². The minimum Gasteiger partial charge on any atom is -0.333 e. The van der Waals surface area contributed by atoms with Gasteiger partial charge in [-0.3, -0.25) is 9.59 Å². The van der Waals surface area contributed by atoms with Crippen LogP contribution in [0.4, 0.5) is 18.9 Å². The molecule has 0 fully saturated rings. The number of halogens is 4. The molecule has 0 atom stereocenters. The van der Waals surface area contributed by atoms with Crippen LogP contribution in [0.5, 0.6) is 0 Å². The molecule has 7 nitrogen and oxygen atoms in total. The van der Waals surface area contributed by atoms with Crippen LogP contribution in [0.1, 0.15) is 16.8 Å². The van der Waals surface area contributed by atoms with Crippen molar-refractivity contribution in [2.45, 2.75) is 26.6 Å². The van der Waals surface area contributed by atoms with E-state index >= 15 is 0 Å². The molecule has 2 aromatic carbocycles. The van der Waals surface area contributed by atoms with E-state index in [0.29, 0.717) is 21.8 Å². The Morgan fingerprint density at radius 1 is 1.11 bits per heavy atom. The number of aromatic nitrogens is 3. The molecule has 0 aliphatic carbocycles. The van der Waals surface area contributed by atoms with E-state index < -0.39 is 29.8 Å². The van der Waals surface area contributed by atoms with Crippen LogP contribution in [0.15, 0.2) is 63.9 Å². The van der Waals surface area contributed by atoms with Gasteiger partial charge in [-0.1, -0.05) is 35.0 Å². The summed E-state index contributed by atoms with van der Waals surface area (Å²) in [5.74, 6) is -0.473. The molecule has 4 rings (SSSR count). The maximum Gasteiger partial charge on any atom is 0.416 e. The number of amides is 1. The minimum atomic E-state index is -4.55. The molecule has 11 heteroatoms. The van der Waals surface area contributed by atoms with Gasteiger partial charge in [0.1, 0.15) is 12.1 Å².